The predicted octanol–water partition coefficient (Wildman–Crippen LogP) is 4.07. The lowest BCUT2D eigenvalue weighted by atomic mass is 10.1. The second kappa shape index (κ2) is 7.77. The highest BCUT2D eigenvalue weighted by Crippen LogP contribution is 2.24. The Morgan fingerprint density at radius 3 is 2.50 bits per heavy atom. The molecule has 3 aromatic carbocycles. The van der Waals surface area contributed by atoms with Crippen LogP contribution in [-0.2, 0) is 6.54 Å². The molecule has 2 aromatic heterocycles. The summed E-state index contributed by atoms with van der Waals surface area (Å²) < 4.78 is 6.63. The van der Waals surface area contributed by atoms with Crippen molar-refractivity contribution >= 4 is 10.9 Å². The zero-order chi connectivity index (χ0) is 22.2. The Morgan fingerprint density at radius 1 is 0.906 bits per heavy atom. The van der Waals surface area contributed by atoms with Crippen molar-refractivity contribution in [1.29, 1.82) is 0 Å². The highest BCUT2D eigenvalue weighted by molar-refractivity contribution is 5.82. The standard InChI is InChI=1S/C25H20N4O3/c1-15-6-8-17(9-7-15)14-29-24(30)20-11-10-19(13-21(20)26-25(29)31)23-27-22(28-32-23)18-5-3-4-16(2)12-18/h3-13H,14H2,1-2H3,(H,26,31). The van der Waals surface area contributed by atoms with Crippen LogP contribution in [0.5, 0.6) is 0 Å². The van der Waals surface area contributed by atoms with Crippen LogP contribution in [0, 0.1) is 13.8 Å². The molecule has 32 heavy (non-hydrogen) atoms. The molecule has 0 aliphatic rings. The molecule has 0 amide bonds. The van der Waals surface area contributed by atoms with Crippen molar-refractivity contribution in [3.8, 4) is 22.8 Å². The molecule has 7 heteroatoms. The lowest BCUT2D eigenvalue weighted by Gasteiger charge is -2.07. The highest BCUT2D eigenvalue weighted by Gasteiger charge is 2.14. The third-order valence-corrected chi connectivity index (χ3v) is 5.39. The number of hydrogen-bond donors (Lipinski definition) is 1. The number of fused-ring (bicyclic) bond motifs is 1. The maximum atomic E-state index is 13.0. The summed E-state index contributed by atoms with van der Waals surface area (Å²) >= 11 is 0. The summed E-state index contributed by atoms with van der Waals surface area (Å²) in [4.78, 5) is 32.9. The first-order valence-electron chi connectivity index (χ1n) is 10.2. The minimum atomic E-state index is -0.466. The van der Waals surface area contributed by atoms with Gasteiger partial charge in [-0.1, -0.05) is 58.7 Å². The van der Waals surface area contributed by atoms with Gasteiger partial charge in [-0.15, -0.1) is 0 Å². The van der Waals surface area contributed by atoms with Crippen LogP contribution in [0.4, 0.5) is 0 Å². The third kappa shape index (κ3) is 3.65. The van der Waals surface area contributed by atoms with Crippen LogP contribution < -0.4 is 11.2 Å². The average Bonchev–Trinajstić information content (AvgIpc) is 3.28. The van der Waals surface area contributed by atoms with E-state index >= 15 is 0 Å². The van der Waals surface area contributed by atoms with Crippen molar-refractivity contribution in [2.75, 3.05) is 0 Å². The Labute approximate surface area is 183 Å². The first-order valence-corrected chi connectivity index (χ1v) is 10.2. The van der Waals surface area contributed by atoms with Crippen molar-refractivity contribution < 1.29 is 4.52 Å². The van der Waals surface area contributed by atoms with Crippen LogP contribution in [0.25, 0.3) is 33.7 Å². The Bertz CT molecular complexity index is 1560. The smallest absolute Gasteiger partial charge is 0.329 e. The molecule has 158 valence electrons. The number of nitrogens with zero attached hydrogens (tertiary/aromatic N) is 3. The maximum absolute atomic E-state index is 13.0. The summed E-state index contributed by atoms with van der Waals surface area (Å²) in [6, 6.07) is 20.6. The van der Waals surface area contributed by atoms with Crippen LogP contribution in [0.3, 0.4) is 0 Å². The van der Waals surface area contributed by atoms with Gasteiger partial charge in [-0.2, -0.15) is 4.98 Å². The minimum absolute atomic E-state index is 0.204. The van der Waals surface area contributed by atoms with Crippen LogP contribution in [0.2, 0.25) is 0 Å². The van der Waals surface area contributed by atoms with Crippen molar-refractivity contribution in [2.45, 2.75) is 20.4 Å². The molecule has 0 saturated heterocycles. The Kier molecular flexibility index (Phi) is 4.78. The van der Waals surface area contributed by atoms with Gasteiger partial charge in [0.1, 0.15) is 0 Å². The molecule has 0 spiro atoms. The number of aromatic nitrogens is 4. The van der Waals surface area contributed by atoms with E-state index in [1.165, 1.54) is 4.57 Å². The van der Waals surface area contributed by atoms with E-state index < -0.39 is 5.69 Å². The van der Waals surface area contributed by atoms with Crippen molar-refractivity contribution in [2.24, 2.45) is 0 Å². The van der Waals surface area contributed by atoms with E-state index in [4.69, 9.17) is 4.52 Å². The molecule has 5 aromatic rings. The lowest BCUT2D eigenvalue weighted by Crippen LogP contribution is -2.35. The molecule has 5 rings (SSSR count). The molecular formula is C25H20N4O3. The van der Waals surface area contributed by atoms with Crippen LogP contribution >= 0.6 is 0 Å². The van der Waals surface area contributed by atoms with Gasteiger partial charge in [-0.25, -0.2) is 4.79 Å². The van der Waals surface area contributed by atoms with E-state index in [-0.39, 0.29) is 12.1 Å². The van der Waals surface area contributed by atoms with Crippen LogP contribution in [0.1, 0.15) is 16.7 Å². The molecular weight excluding hydrogens is 404 g/mol. The number of aryl methyl sites for hydroxylation is 2. The molecule has 0 radical (unpaired) electrons. The summed E-state index contributed by atoms with van der Waals surface area (Å²) in [6.07, 6.45) is 0. The summed E-state index contributed by atoms with van der Waals surface area (Å²) in [7, 11) is 0. The summed E-state index contributed by atoms with van der Waals surface area (Å²) in [5.74, 6) is 0.791. The fourth-order valence-corrected chi connectivity index (χ4v) is 3.65. The minimum Gasteiger partial charge on any atom is -0.334 e. The number of rotatable bonds is 4. The predicted molar refractivity (Wildman–Crippen MR) is 123 cm³/mol. The second-order valence-corrected chi connectivity index (χ2v) is 7.86. The van der Waals surface area contributed by atoms with Gasteiger partial charge in [0.15, 0.2) is 0 Å². The molecule has 2 heterocycles. The van der Waals surface area contributed by atoms with E-state index in [2.05, 4.69) is 15.1 Å². The van der Waals surface area contributed by atoms with E-state index in [9.17, 15) is 9.59 Å². The van der Waals surface area contributed by atoms with Crippen LogP contribution in [0.15, 0.2) is 80.8 Å². The largest absolute Gasteiger partial charge is 0.334 e. The second-order valence-electron chi connectivity index (χ2n) is 7.86. The maximum Gasteiger partial charge on any atom is 0.329 e. The first kappa shape index (κ1) is 19.7. The molecule has 0 unspecified atom stereocenters. The quantitative estimate of drug-likeness (QED) is 0.469. The van der Waals surface area contributed by atoms with E-state index in [0.717, 1.165) is 22.3 Å². The number of benzene rings is 3. The fraction of sp³-hybridized carbons (Fsp3) is 0.120. The van der Waals surface area contributed by atoms with E-state index in [1.807, 2.05) is 62.4 Å². The molecule has 0 fully saturated rings. The molecule has 0 saturated carbocycles. The Balaban J connectivity index is 1.52. The number of hydrogen-bond acceptors (Lipinski definition) is 5. The summed E-state index contributed by atoms with van der Waals surface area (Å²) in [6.45, 7) is 4.19. The molecule has 7 nitrogen and oxygen atoms in total. The monoisotopic (exact) mass is 424 g/mol. The fourth-order valence-electron chi connectivity index (χ4n) is 3.65. The van der Waals surface area contributed by atoms with E-state index in [1.54, 1.807) is 18.2 Å². The van der Waals surface area contributed by atoms with Gasteiger partial charge in [0.05, 0.1) is 17.4 Å². The molecule has 0 atom stereocenters. The molecule has 0 bridgehead atoms. The lowest BCUT2D eigenvalue weighted by molar-refractivity contribution is 0.432. The molecule has 1 N–H and O–H groups in total. The zero-order valence-electron chi connectivity index (χ0n) is 17.6. The third-order valence-electron chi connectivity index (χ3n) is 5.39. The molecule has 0 aliphatic carbocycles. The SMILES string of the molecule is Cc1ccc(Cn2c(=O)[nH]c3cc(-c4nc(-c5cccc(C)c5)no4)ccc3c2=O)cc1. The van der Waals surface area contributed by atoms with Gasteiger partial charge in [0, 0.05) is 11.1 Å². The topological polar surface area (TPSA) is 93.8 Å². The summed E-state index contributed by atoms with van der Waals surface area (Å²) in [5, 5.41) is 4.48. The highest BCUT2D eigenvalue weighted by atomic mass is 16.5. The number of H-pyrrole nitrogens is 1. The average molecular weight is 424 g/mol. The van der Waals surface area contributed by atoms with Crippen molar-refractivity contribution in [3.63, 3.8) is 0 Å². The van der Waals surface area contributed by atoms with E-state index in [0.29, 0.717) is 28.2 Å². The Hall–Kier alpha value is -4.26. The number of aromatic amines is 1. The Morgan fingerprint density at radius 2 is 1.72 bits per heavy atom. The zero-order valence-corrected chi connectivity index (χ0v) is 17.6. The first-order chi connectivity index (χ1) is 15.5. The van der Waals surface area contributed by atoms with Gasteiger partial charge < -0.3 is 9.51 Å². The van der Waals surface area contributed by atoms with Gasteiger partial charge in [0.25, 0.3) is 11.4 Å². The van der Waals surface area contributed by atoms with Crippen molar-refractivity contribution in [3.05, 3.63) is 104 Å². The van der Waals surface area contributed by atoms with Gasteiger partial charge in [-0.05, 0) is 43.7 Å². The van der Waals surface area contributed by atoms with Gasteiger partial charge in [0.2, 0.25) is 5.82 Å². The van der Waals surface area contributed by atoms with Crippen molar-refractivity contribution in [1.82, 2.24) is 19.7 Å². The van der Waals surface area contributed by atoms with Gasteiger partial charge >= 0.3 is 5.69 Å². The van der Waals surface area contributed by atoms with Gasteiger partial charge in [-0.3, -0.25) is 9.36 Å². The van der Waals surface area contributed by atoms with Crippen LogP contribution in [-0.4, -0.2) is 19.7 Å². The normalized spacial score (nSPS) is 11.2. The number of nitrogens with one attached hydrogen (secondary N) is 1. The molecule has 0 aliphatic heterocycles. The summed E-state index contributed by atoms with van der Waals surface area (Å²) in [5.41, 5.74) is 4.19.